The largest absolute Gasteiger partial charge is 0.479 e. The molecule has 1 aromatic heterocycles. The van der Waals surface area contributed by atoms with Gasteiger partial charge in [-0.15, -0.1) is 0 Å². The molecular formula is C17H15NO4. The van der Waals surface area contributed by atoms with Crippen molar-refractivity contribution in [2.24, 2.45) is 0 Å². The number of pyridine rings is 1. The minimum Gasteiger partial charge on any atom is -0.479 e. The molecule has 0 aliphatic heterocycles. The average molecular weight is 297 g/mol. The van der Waals surface area contributed by atoms with Crippen LogP contribution in [-0.4, -0.2) is 27.9 Å². The Morgan fingerprint density at radius 1 is 1.27 bits per heavy atom. The van der Waals surface area contributed by atoms with Crippen LogP contribution in [0.25, 0.3) is 6.08 Å². The molecular weight excluding hydrogens is 282 g/mol. The van der Waals surface area contributed by atoms with E-state index >= 15 is 0 Å². The first-order chi connectivity index (χ1) is 10.6. The summed E-state index contributed by atoms with van der Waals surface area (Å²) in [6.45, 7) is 1.43. The van der Waals surface area contributed by atoms with Crippen molar-refractivity contribution >= 4 is 17.8 Å². The van der Waals surface area contributed by atoms with Crippen LogP contribution in [0.15, 0.2) is 54.9 Å². The van der Waals surface area contributed by atoms with E-state index in [0.717, 1.165) is 5.56 Å². The molecule has 1 N–H and O–H groups in total. The van der Waals surface area contributed by atoms with Crippen LogP contribution >= 0.6 is 0 Å². The van der Waals surface area contributed by atoms with Gasteiger partial charge in [0.15, 0.2) is 11.9 Å². The Hall–Kier alpha value is -2.95. The molecule has 1 aromatic carbocycles. The van der Waals surface area contributed by atoms with E-state index < -0.39 is 12.1 Å². The summed E-state index contributed by atoms with van der Waals surface area (Å²) in [5.74, 6) is -0.916. The van der Waals surface area contributed by atoms with Gasteiger partial charge in [-0.1, -0.05) is 18.2 Å². The van der Waals surface area contributed by atoms with E-state index in [9.17, 15) is 9.59 Å². The van der Waals surface area contributed by atoms with E-state index in [1.54, 1.807) is 42.7 Å². The SMILES string of the molecule is CC(Oc1cccc(C(=O)/C=C/c2cccnc2)c1)C(=O)O. The second-order valence-electron chi connectivity index (χ2n) is 4.61. The first kappa shape index (κ1) is 15.4. The summed E-state index contributed by atoms with van der Waals surface area (Å²) >= 11 is 0. The zero-order chi connectivity index (χ0) is 15.9. The third-order valence-electron chi connectivity index (χ3n) is 2.89. The molecule has 1 heterocycles. The van der Waals surface area contributed by atoms with Crippen molar-refractivity contribution in [1.82, 2.24) is 4.98 Å². The van der Waals surface area contributed by atoms with Crippen LogP contribution < -0.4 is 4.74 Å². The number of benzene rings is 1. The van der Waals surface area contributed by atoms with Crippen LogP contribution in [-0.2, 0) is 4.79 Å². The summed E-state index contributed by atoms with van der Waals surface area (Å²) in [6.07, 6.45) is 5.44. The van der Waals surface area contributed by atoms with Gasteiger partial charge in [0.2, 0.25) is 0 Å². The molecule has 0 radical (unpaired) electrons. The lowest BCUT2D eigenvalue weighted by atomic mass is 10.1. The van der Waals surface area contributed by atoms with Gasteiger partial charge in [-0.25, -0.2) is 4.79 Å². The minimum atomic E-state index is -1.06. The zero-order valence-corrected chi connectivity index (χ0v) is 12.0. The maximum Gasteiger partial charge on any atom is 0.344 e. The van der Waals surface area contributed by atoms with Crippen LogP contribution in [0.5, 0.6) is 5.75 Å². The number of rotatable bonds is 6. The predicted molar refractivity (Wildman–Crippen MR) is 81.8 cm³/mol. The number of ether oxygens (including phenoxy) is 1. The summed E-state index contributed by atoms with van der Waals surface area (Å²) in [6, 6.07) is 10.1. The van der Waals surface area contributed by atoms with E-state index in [1.165, 1.54) is 19.1 Å². The number of nitrogens with zero attached hydrogens (tertiary/aromatic N) is 1. The molecule has 0 saturated carbocycles. The molecule has 5 heteroatoms. The van der Waals surface area contributed by atoms with Crippen molar-refractivity contribution in [3.8, 4) is 5.75 Å². The Morgan fingerprint density at radius 3 is 2.77 bits per heavy atom. The smallest absolute Gasteiger partial charge is 0.344 e. The molecule has 2 rings (SSSR count). The van der Waals surface area contributed by atoms with Crippen molar-refractivity contribution < 1.29 is 19.4 Å². The van der Waals surface area contributed by atoms with Gasteiger partial charge in [0, 0.05) is 18.0 Å². The van der Waals surface area contributed by atoms with Crippen LogP contribution in [0, 0.1) is 0 Å². The van der Waals surface area contributed by atoms with Crippen molar-refractivity contribution in [3.05, 3.63) is 66.0 Å². The fourth-order valence-corrected chi connectivity index (χ4v) is 1.72. The third-order valence-corrected chi connectivity index (χ3v) is 2.89. The van der Waals surface area contributed by atoms with Crippen molar-refractivity contribution in [2.75, 3.05) is 0 Å². The summed E-state index contributed by atoms with van der Waals surface area (Å²) < 4.78 is 5.24. The molecule has 2 aromatic rings. The van der Waals surface area contributed by atoms with Crippen molar-refractivity contribution in [2.45, 2.75) is 13.0 Å². The Kier molecular flexibility index (Phi) is 5.03. The van der Waals surface area contributed by atoms with Gasteiger partial charge in [0.1, 0.15) is 5.75 Å². The second kappa shape index (κ2) is 7.17. The third kappa shape index (κ3) is 4.28. The molecule has 1 unspecified atom stereocenters. The number of aliphatic carboxylic acids is 1. The topological polar surface area (TPSA) is 76.5 Å². The van der Waals surface area contributed by atoms with Crippen LogP contribution in [0.3, 0.4) is 0 Å². The molecule has 0 spiro atoms. The monoisotopic (exact) mass is 297 g/mol. The Labute approximate surface area is 127 Å². The number of hydrogen-bond donors (Lipinski definition) is 1. The maximum atomic E-state index is 12.1. The number of carboxylic acids is 1. The van der Waals surface area contributed by atoms with E-state index in [0.29, 0.717) is 11.3 Å². The quantitative estimate of drug-likeness (QED) is 0.655. The first-order valence-electron chi connectivity index (χ1n) is 6.68. The van der Waals surface area contributed by atoms with E-state index in [-0.39, 0.29) is 5.78 Å². The van der Waals surface area contributed by atoms with Gasteiger partial charge < -0.3 is 9.84 Å². The standard InChI is InChI=1S/C17H15NO4/c1-12(17(20)21)22-15-6-2-5-14(10-15)16(19)8-7-13-4-3-9-18-11-13/h2-12H,1H3,(H,20,21)/b8-7+. The van der Waals surface area contributed by atoms with E-state index in [4.69, 9.17) is 9.84 Å². The second-order valence-corrected chi connectivity index (χ2v) is 4.61. The number of carboxylic acid groups (broad SMARTS) is 1. The normalized spacial score (nSPS) is 12.0. The fraction of sp³-hybridized carbons (Fsp3) is 0.118. The summed E-state index contributed by atoms with van der Waals surface area (Å²) in [7, 11) is 0. The van der Waals surface area contributed by atoms with Crippen molar-refractivity contribution in [1.29, 1.82) is 0 Å². The van der Waals surface area contributed by atoms with Crippen LogP contribution in [0.1, 0.15) is 22.8 Å². The summed E-state index contributed by atoms with van der Waals surface area (Å²) in [5.41, 5.74) is 1.25. The molecule has 0 fully saturated rings. The molecule has 0 amide bonds. The van der Waals surface area contributed by atoms with Gasteiger partial charge in [-0.05, 0) is 42.8 Å². The molecule has 5 nitrogen and oxygen atoms in total. The molecule has 22 heavy (non-hydrogen) atoms. The molecule has 112 valence electrons. The lowest BCUT2D eigenvalue weighted by Crippen LogP contribution is -2.22. The van der Waals surface area contributed by atoms with E-state index in [2.05, 4.69) is 4.98 Å². The lowest BCUT2D eigenvalue weighted by Gasteiger charge is -2.10. The van der Waals surface area contributed by atoms with Crippen molar-refractivity contribution in [3.63, 3.8) is 0 Å². The van der Waals surface area contributed by atoms with Gasteiger partial charge in [-0.2, -0.15) is 0 Å². The van der Waals surface area contributed by atoms with Gasteiger partial charge in [0.05, 0.1) is 0 Å². The predicted octanol–water partition coefficient (Wildman–Crippen LogP) is 2.83. The molecule has 0 bridgehead atoms. The minimum absolute atomic E-state index is 0.197. The maximum absolute atomic E-state index is 12.1. The average Bonchev–Trinajstić information content (AvgIpc) is 2.53. The number of allylic oxidation sites excluding steroid dienone is 1. The zero-order valence-electron chi connectivity index (χ0n) is 12.0. The highest BCUT2D eigenvalue weighted by atomic mass is 16.5. The fourth-order valence-electron chi connectivity index (χ4n) is 1.72. The number of carbonyl (C=O) groups excluding carboxylic acids is 1. The summed E-state index contributed by atoms with van der Waals surface area (Å²) in [5, 5.41) is 8.82. The molecule has 0 saturated heterocycles. The number of hydrogen-bond acceptors (Lipinski definition) is 4. The van der Waals surface area contributed by atoms with Gasteiger partial charge in [-0.3, -0.25) is 9.78 Å². The highest BCUT2D eigenvalue weighted by Gasteiger charge is 2.13. The summed E-state index contributed by atoms with van der Waals surface area (Å²) in [4.78, 5) is 26.8. The number of ketones is 1. The van der Waals surface area contributed by atoms with Crippen LogP contribution in [0.2, 0.25) is 0 Å². The molecule has 0 aliphatic carbocycles. The Bertz CT molecular complexity index is 695. The Morgan fingerprint density at radius 2 is 2.09 bits per heavy atom. The Balaban J connectivity index is 2.10. The van der Waals surface area contributed by atoms with E-state index in [1.807, 2.05) is 6.07 Å². The highest BCUT2D eigenvalue weighted by molar-refractivity contribution is 6.07. The molecule has 1 atom stereocenters. The van der Waals surface area contributed by atoms with Crippen LogP contribution in [0.4, 0.5) is 0 Å². The van der Waals surface area contributed by atoms with Gasteiger partial charge in [0.25, 0.3) is 0 Å². The molecule has 0 aliphatic rings. The highest BCUT2D eigenvalue weighted by Crippen LogP contribution is 2.16. The van der Waals surface area contributed by atoms with Gasteiger partial charge >= 0.3 is 5.97 Å². The first-order valence-corrected chi connectivity index (χ1v) is 6.68. The number of carbonyl (C=O) groups is 2. The lowest BCUT2D eigenvalue weighted by molar-refractivity contribution is -0.144. The number of aromatic nitrogens is 1.